The third-order valence-corrected chi connectivity index (χ3v) is 2.81. The second-order valence-electron chi connectivity index (χ2n) is 4.14. The van der Waals surface area contributed by atoms with Crippen molar-refractivity contribution in [2.24, 2.45) is 5.92 Å². The molecule has 1 atom stereocenters. The third-order valence-electron chi connectivity index (χ3n) is 2.81. The summed E-state index contributed by atoms with van der Waals surface area (Å²) >= 11 is 0. The lowest BCUT2D eigenvalue weighted by atomic mass is 9.99. The summed E-state index contributed by atoms with van der Waals surface area (Å²) in [6.45, 7) is 5.10. The van der Waals surface area contributed by atoms with Crippen molar-refractivity contribution in [1.29, 1.82) is 0 Å². The van der Waals surface area contributed by atoms with Crippen LogP contribution in [0.4, 0.5) is 6.01 Å². The monoisotopic (exact) mass is 240 g/mol. The number of nitrogens with one attached hydrogen (secondary N) is 1. The van der Waals surface area contributed by atoms with Gasteiger partial charge in [0.05, 0.1) is 0 Å². The Kier molecular flexibility index (Phi) is 5.52. The fourth-order valence-electron chi connectivity index (χ4n) is 1.63. The number of anilines is 1. The molecular formula is C12H20N2O3. The number of hydrogen-bond donors (Lipinski definition) is 2. The first kappa shape index (κ1) is 13.5. The van der Waals surface area contributed by atoms with Crippen LogP contribution in [0.15, 0.2) is 10.7 Å². The van der Waals surface area contributed by atoms with E-state index in [1.165, 1.54) is 19.3 Å². The third kappa shape index (κ3) is 4.46. The number of nitrogens with zero attached hydrogens (tertiary/aromatic N) is 1. The van der Waals surface area contributed by atoms with Gasteiger partial charge in [-0.2, -0.15) is 4.98 Å². The smallest absolute Gasteiger partial charge is 0.357 e. The highest BCUT2D eigenvalue weighted by atomic mass is 16.4. The van der Waals surface area contributed by atoms with Crippen molar-refractivity contribution in [3.05, 3.63) is 12.0 Å². The zero-order valence-corrected chi connectivity index (χ0v) is 10.4. The van der Waals surface area contributed by atoms with Crippen molar-refractivity contribution in [2.75, 3.05) is 11.9 Å². The SMILES string of the molecule is CCCCC(CC)CNc1nc(C(=O)O)co1. The maximum Gasteiger partial charge on any atom is 0.357 e. The average Bonchev–Trinajstić information content (AvgIpc) is 2.78. The Bertz CT molecular complexity index is 349. The molecule has 1 aromatic rings. The predicted molar refractivity (Wildman–Crippen MR) is 65.3 cm³/mol. The van der Waals surface area contributed by atoms with Crippen molar-refractivity contribution >= 4 is 12.0 Å². The van der Waals surface area contributed by atoms with E-state index in [2.05, 4.69) is 24.1 Å². The molecule has 0 radical (unpaired) electrons. The van der Waals surface area contributed by atoms with Gasteiger partial charge in [-0.05, 0) is 12.3 Å². The molecule has 1 rings (SSSR count). The quantitative estimate of drug-likeness (QED) is 0.730. The molecule has 5 heteroatoms. The van der Waals surface area contributed by atoms with E-state index >= 15 is 0 Å². The van der Waals surface area contributed by atoms with Crippen LogP contribution in [0.3, 0.4) is 0 Å². The number of oxazole rings is 1. The average molecular weight is 240 g/mol. The Hall–Kier alpha value is -1.52. The summed E-state index contributed by atoms with van der Waals surface area (Å²) in [7, 11) is 0. The fraction of sp³-hybridized carbons (Fsp3) is 0.667. The number of aromatic carboxylic acids is 1. The van der Waals surface area contributed by atoms with Crippen LogP contribution in [0.1, 0.15) is 50.0 Å². The molecule has 1 unspecified atom stereocenters. The largest absolute Gasteiger partial charge is 0.476 e. The van der Waals surface area contributed by atoms with E-state index in [-0.39, 0.29) is 11.7 Å². The van der Waals surface area contributed by atoms with E-state index < -0.39 is 5.97 Å². The first-order valence-corrected chi connectivity index (χ1v) is 6.10. The molecular weight excluding hydrogens is 220 g/mol. The lowest BCUT2D eigenvalue weighted by molar-refractivity contribution is 0.0690. The van der Waals surface area contributed by atoms with Crippen LogP contribution in [-0.2, 0) is 0 Å². The molecule has 5 nitrogen and oxygen atoms in total. The van der Waals surface area contributed by atoms with Gasteiger partial charge in [-0.1, -0.05) is 33.1 Å². The van der Waals surface area contributed by atoms with Crippen molar-refractivity contribution in [2.45, 2.75) is 39.5 Å². The minimum Gasteiger partial charge on any atom is -0.476 e. The maximum absolute atomic E-state index is 10.6. The fourth-order valence-corrected chi connectivity index (χ4v) is 1.63. The Morgan fingerprint density at radius 3 is 2.88 bits per heavy atom. The molecule has 0 aliphatic heterocycles. The van der Waals surface area contributed by atoms with Crippen LogP contribution < -0.4 is 5.32 Å². The van der Waals surface area contributed by atoms with Gasteiger partial charge in [0.1, 0.15) is 6.26 Å². The molecule has 0 aromatic carbocycles. The molecule has 1 aromatic heterocycles. The Morgan fingerprint density at radius 2 is 2.35 bits per heavy atom. The van der Waals surface area contributed by atoms with Gasteiger partial charge in [-0.15, -0.1) is 0 Å². The van der Waals surface area contributed by atoms with Crippen molar-refractivity contribution in [3.63, 3.8) is 0 Å². The topological polar surface area (TPSA) is 75.4 Å². The highest BCUT2D eigenvalue weighted by Crippen LogP contribution is 2.14. The summed E-state index contributed by atoms with van der Waals surface area (Å²) in [6.07, 6.45) is 5.83. The van der Waals surface area contributed by atoms with Crippen molar-refractivity contribution in [3.8, 4) is 0 Å². The summed E-state index contributed by atoms with van der Waals surface area (Å²) in [5.74, 6) is -0.491. The van der Waals surface area contributed by atoms with Gasteiger partial charge in [0.15, 0.2) is 5.69 Å². The number of unbranched alkanes of at least 4 members (excludes halogenated alkanes) is 1. The lowest BCUT2D eigenvalue weighted by Gasteiger charge is -2.13. The van der Waals surface area contributed by atoms with E-state index in [0.717, 1.165) is 19.2 Å². The maximum atomic E-state index is 10.6. The van der Waals surface area contributed by atoms with E-state index in [1.807, 2.05) is 0 Å². The highest BCUT2D eigenvalue weighted by Gasteiger charge is 2.11. The normalized spacial score (nSPS) is 12.4. The van der Waals surface area contributed by atoms with Crippen molar-refractivity contribution in [1.82, 2.24) is 4.98 Å². The van der Waals surface area contributed by atoms with Gasteiger partial charge in [0.2, 0.25) is 0 Å². The number of carbonyl (C=O) groups is 1. The number of hydrogen-bond acceptors (Lipinski definition) is 4. The zero-order valence-electron chi connectivity index (χ0n) is 10.4. The van der Waals surface area contributed by atoms with E-state index in [9.17, 15) is 4.79 Å². The van der Waals surface area contributed by atoms with Gasteiger partial charge in [0.25, 0.3) is 6.01 Å². The predicted octanol–water partition coefficient (Wildman–Crippen LogP) is 3.00. The van der Waals surface area contributed by atoms with Gasteiger partial charge in [-0.3, -0.25) is 0 Å². The number of rotatable bonds is 8. The second-order valence-corrected chi connectivity index (χ2v) is 4.14. The molecule has 0 spiro atoms. The van der Waals surface area contributed by atoms with E-state index in [0.29, 0.717) is 5.92 Å². The van der Waals surface area contributed by atoms with Gasteiger partial charge >= 0.3 is 5.97 Å². The van der Waals surface area contributed by atoms with Crippen LogP contribution in [0.2, 0.25) is 0 Å². The summed E-state index contributed by atoms with van der Waals surface area (Å²) in [5, 5.41) is 11.7. The van der Waals surface area contributed by atoms with Crippen LogP contribution >= 0.6 is 0 Å². The first-order chi connectivity index (χ1) is 8.17. The van der Waals surface area contributed by atoms with Gasteiger partial charge < -0.3 is 14.8 Å². The van der Waals surface area contributed by atoms with Crippen LogP contribution in [-0.4, -0.2) is 22.6 Å². The number of aromatic nitrogens is 1. The van der Waals surface area contributed by atoms with Crippen molar-refractivity contribution < 1.29 is 14.3 Å². The molecule has 0 saturated heterocycles. The molecule has 0 aliphatic carbocycles. The number of carboxylic acid groups (broad SMARTS) is 1. The molecule has 0 saturated carbocycles. The molecule has 2 N–H and O–H groups in total. The van der Waals surface area contributed by atoms with E-state index in [1.54, 1.807) is 0 Å². The van der Waals surface area contributed by atoms with Gasteiger partial charge in [0, 0.05) is 6.54 Å². The standard InChI is InChI=1S/C12H20N2O3/c1-3-5-6-9(4-2)7-13-12-14-10(8-17-12)11(15)16/h8-9H,3-7H2,1-2H3,(H,13,14)(H,15,16). The van der Waals surface area contributed by atoms with Crippen LogP contribution in [0.25, 0.3) is 0 Å². The minimum atomic E-state index is -1.07. The Balaban J connectivity index is 2.39. The molecule has 0 bridgehead atoms. The van der Waals surface area contributed by atoms with Gasteiger partial charge in [-0.25, -0.2) is 4.79 Å². The molecule has 1 heterocycles. The van der Waals surface area contributed by atoms with Crippen LogP contribution in [0.5, 0.6) is 0 Å². The molecule has 0 fully saturated rings. The summed E-state index contributed by atoms with van der Waals surface area (Å²) in [4.78, 5) is 14.4. The first-order valence-electron chi connectivity index (χ1n) is 6.10. The van der Waals surface area contributed by atoms with E-state index in [4.69, 9.17) is 9.52 Å². The highest BCUT2D eigenvalue weighted by molar-refractivity contribution is 5.85. The number of carboxylic acids is 1. The zero-order chi connectivity index (χ0) is 12.7. The second kappa shape index (κ2) is 6.93. The summed E-state index contributed by atoms with van der Waals surface area (Å²) in [5.41, 5.74) is -0.0610. The lowest BCUT2D eigenvalue weighted by Crippen LogP contribution is -2.14. The molecule has 0 aliphatic rings. The molecule has 17 heavy (non-hydrogen) atoms. The molecule has 0 amide bonds. The van der Waals surface area contributed by atoms with Crippen LogP contribution in [0, 0.1) is 5.92 Å². The Morgan fingerprint density at radius 1 is 1.59 bits per heavy atom. The summed E-state index contributed by atoms with van der Waals surface area (Å²) in [6, 6.07) is 0.289. The molecule has 96 valence electrons. The minimum absolute atomic E-state index is 0.0610. The Labute approximate surface area is 101 Å². The summed E-state index contributed by atoms with van der Waals surface area (Å²) < 4.78 is 5.02.